The van der Waals surface area contributed by atoms with Gasteiger partial charge in [0.05, 0.1) is 35.7 Å². The predicted octanol–water partition coefficient (Wildman–Crippen LogP) is 3.54. The lowest BCUT2D eigenvalue weighted by Gasteiger charge is -2.33. The third-order valence-electron chi connectivity index (χ3n) is 8.17. The topological polar surface area (TPSA) is 140 Å². The summed E-state index contributed by atoms with van der Waals surface area (Å²) in [6, 6.07) is -0.772. The quantitative estimate of drug-likeness (QED) is 0.403. The van der Waals surface area contributed by atoms with E-state index in [1.54, 1.807) is 0 Å². The second kappa shape index (κ2) is 10.3. The van der Waals surface area contributed by atoms with E-state index in [9.17, 15) is 31.5 Å². The molecule has 3 aliphatic rings. The Kier molecular flexibility index (Phi) is 6.88. The minimum absolute atomic E-state index is 0.0452. The molecule has 0 radical (unpaired) electrons. The Hall–Kier alpha value is -3.72. The first kappa shape index (κ1) is 27.4. The average Bonchev–Trinajstić information content (AvgIpc) is 3.48. The van der Waals surface area contributed by atoms with E-state index in [4.69, 9.17) is 4.63 Å². The van der Waals surface area contributed by atoms with Crippen LogP contribution in [0, 0.1) is 17.8 Å². The minimum atomic E-state index is -4.43. The Morgan fingerprint density at radius 3 is 2.66 bits per heavy atom. The molecule has 0 spiro atoms. The van der Waals surface area contributed by atoms with E-state index < -0.39 is 48.3 Å². The van der Waals surface area contributed by atoms with Gasteiger partial charge in [-0.1, -0.05) is 5.16 Å². The first-order chi connectivity index (χ1) is 19.5. The number of carbonyl (C=O) groups is 2. The van der Waals surface area contributed by atoms with E-state index in [2.05, 4.69) is 36.0 Å². The van der Waals surface area contributed by atoms with Gasteiger partial charge in [0.1, 0.15) is 5.69 Å². The maximum absolute atomic E-state index is 14.0. The maximum Gasteiger partial charge on any atom is 0.393 e. The van der Waals surface area contributed by atoms with Gasteiger partial charge in [-0.15, -0.1) is 0 Å². The van der Waals surface area contributed by atoms with Crippen LogP contribution in [-0.2, 0) is 11.2 Å². The van der Waals surface area contributed by atoms with Gasteiger partial charge in [0, 0.05) is 37.6 Å². The number of alkyl halides is 5. The van der Waals surface area contributed by atoms with E-state index in [0.29, 0.717) is 11.4 Å². The number of hydrogen-bond acceptors (Lipinski definition) is 8. The van der Waals surface area contributed by atoms with Crippen LogP contribution in [0.25, 0.3) is 5.78 Å². The zero-order valence-corrected chi connectivity index (χ0v) is 21.7. The van der Waals surface area contributed by atoms with Gasteiger partial charge in [-0.3, -0.25) is 9.59 Å². The standard InChI is InChI=1S/C25H27F5N8O3/c26-24(27)5-3-13(4-6-24)18(34-22(40)20-19(12-1-2-12)36-41-37-20)17-11-38-23(33-17)32-10-16(35-38)8-14-7-15(25(28,29)30)9-31-21(14)39/h10-15,18H,1-9H2,(H,31,39)(H,34,40)/t14-,15+,18+/m1/s1. The summed E-state index contributed by atoms with van der Waals surface area (Å²) >= 11 is 0. The molecular formula is C25H27F5N8O3. The van der Waals surface area contributed by atoms with Crippen LogP contribution in [0.3, 0.4) is 0 Å². The van der Waals surface area contributed by atoms with E-state index in [-0.39, 0.29) is 67.5 Å². The maximum atomic E-state index is 14.0. The van der Waals surface area contributed by atoms with E-state index in [1.807, 2.05) is 0 Å². The van der Waals surface area contributed by atoms with Crippen molar-refractivity contribution in [2.45, 2.75) is 75.4 Å². The number of fused-ring (bicyclic) bond motifs is 1. The second-order valence-corrected chi connectivity index (χ2v) is 11.2. The number of rotatable bonds is 7. The summed E-state index contributed by atoms with van der Waals surface area (Å²) in [6.45, 7) is -0.457. The summed E-state index contributed by atoms with van der Waals surface area (Å²) in [5.74, 6) is -6.53. The highest BCUT2D eigenvalue weighted by Gasteiger charge is 2.45. The van der Waals surface area contributed by atoms with E-state index in [1.165, 1.54) is 16.9 Å². The van der Waals surface area contributed by atoms with Crippen molar-refractivity contribution >= 4 is 17.6 Å². The Balaban J connectivity index is 1.24. The summed E-state index contributed by atoms with van der Waals surface area (Å²) in [7, 11) is 0. The van der Waals surface area contributed by atoms with Crippen LogP contribution < -0.4 is 10.6 Å². The smallest absolute Gasteiger partial charge is 0.355 e. The Morgan fingerprint density at radius 2 is 1.95 bits per heavy atom. The molecule has 2 saturated carbocycles. The van der Waals surface area contributed by atoms with Gasteiger partial charge in [0.2, 0.25) is 11.8 Å². The molecule has 2 aliphatic carbocycles. The fourth-order valence-corrected chi connectivity index (χ4v) is 5.68. The highest BCUT2D eigenvalue weighted by atomic mass is 19.4. The average molecular weight is 583 g/mol. The van der Waals surface area contributed by atoms with Crippen LogP contribution in [-0.4, -0.2) is 60.4 Å². The second-order valence-electron chi connectivity index (χ2n) is 11.2. The summed E-state index contributed by atoms with van der Waals surface area (Å²) in [4.78, 5) is 34.2. The number of nitrogens with one attached hydrogen (secondary N) is 2. The predicted molar refractivity (Wildman–Crippen MR) is 129 cm³/mol. The summed E-state index contributed by atoms with van der Waals surface area (Å²) < 4.78 is 73.7. The molecule has 11 nitrogen and oxygen atoms in total. The molecule has 3 atom stereocenters. The number of amides is 2. The van der Waals surface area contributed by atoms with Gasteiger partial charge in [-0.2, -0.15) is 18.3 Å². The van der Waals surface area contributed by atoms with Crippen LogP contribution in [0.1, 0.15) is 84.5 Å². The molecular weight excluding hydrogens is 555 g/mol. The fraction of sp³-hybridized carbons (Fsp3) is 0.640. The molecule has 4 heterocycles. The van der Waals surface area contributed by atoms with Crippen molar-refractivity contribution in [3.8, 4) is 0 Å². The number of piperidine rings is 1. The summed E-state index contributed by atoms with van der Waals surface area (Å²) in [5, 5.41) is 17.2. The largest absolute Gasteiger partial charge is 0.393 e. The van der Waals surface area contributed by atoms with E-state index in [0.717, 1.165) is 12.8 Å². The van der Waals surface area contributed by atoms with Crippen molar-refractivity contribution in [3.63, 3.8) is 0 Å². The number of carbonyl (C=O) groups excluding carboxylic acids is 2. The van der Waals surface area contributed by atoms with Gasteiger partial charge >= 0.3 is 6.18 Å². The number of imidazole rings is 1. The van der Waals surface area contributed by atoms with Crippen molar-refractivity contribution in [2.75, 3.05) is 6.54 Å². The highest BCUT2D eigenvalue weighted by Crippen LogP contribution is 2.43. The summed E-state index contributed by atoms with van der Waals surface area (Å²) in [5.41, 5.74) is 1.12. The molecule has 3 aromatic heterocycles. The molecule has 3 aromatic rings. The molecule has 16 heteroatoms. The first-order valence-electron chi connectivity index (χ1n) is 13.5. The number of nitrogens with zero attached hydrogens (tertiary/aromatic N) is 6. The molecule has 220 valence electrons. The molecule has 1 aliphatic heterocycles. The van der Waals surface area contributed by atoms with Crippen LogP contribution in [0.2, 0.25) is 0 Å². The fourth-order valence-electron chi connectivity index (χ4n) is 5.68. The Morgan fingerprint density at radius 1 is 1.20 bits per heavy atom. The number of aromatic nitrogens is 6. The van der Waals surface area contributed by atoms with Gasteiger partial charge in [-0.25, -0.2) is 27.9 Å². The molecule has 6 rings (SSSR count). The first-order valence-corrected chi connectivity index (χ1v) is 13.5. The van der Waals surface area contributed by atoms with Gasteiger partial charge in [-0.05, 0) is 43.2 Å². The molecule has 3 fully saturated rings. The molecule has 1 saturated heterocycles. The monoisotopic (exact) mass is 582 g/mol. The van der Waals surface area contributed by atoms with Crippen LogP contribution >= 0.6 is 0 Å². The molecule has 2 amide bonds. The molecule has 41 heavy (non-hydrogen) atoms. The molecule has 0 bridgehead atoms. The molecule has 2 N–H and O–H groups in total. The lowest BCUT2D eigenvalue weighted by Crippen LogP contribution is -2.47. The lowest BCUT2D eigenvalue weighted by molar-refractivity contribution is -0.183. The Labute approximate surface area is 229 Å². The molecule has 0 unspecified atom stereocenters. The van der Waals surface area contributed by atoms with E-state index >= 15 is 0 Å². The third-order valence-corrected chi connectivity index (χ3v) is 8.17. The highest BCUT2D eigenvalue weighted by molar-refractivity contribution is 5.93. The Bertz CT molecular complexity index is 1440. The van der Waals surface area contributed by atoms with Gasteiger partial charge in [0.25, 0.3) is 11.7 Å². The van der Waals surface area contributed by atoms with Crippen molar-refractivity contribution < 1.29 is 36.2 Å². The third kappa shape index (κ3) is 5.86. The number of hydrogen-bond donors (Lipinski definition) is 2. The van der Waals surface area contributed by atoms with Crippen molar-refractivity contribution in [1.82, 2.24) is 40.5 Å². The van der Waals surface area contributed by atoms with Crippen LogP contribution in [0.5, 0.6) is 0 Å². The van der Waals surface area contributed by atoms with Crippen molar-refractivity contribution in [2.24, 2.45) is 17.8 Å². The molecule has 0 aromatic carbocycles. The SMILES string of the molecule is O=C(N[C@H](c1cn2nc(C[C@H]3C[C@H](C(F)(F)F)CNC3=O)cnc2n1)C1CCC(F)(F)CC1)c1nonc1C1CC1. The van der Waals surface area contributed by atoms with Crippen LogP contribution in [0.4, 0.5) is 22.0 Å². The van der Waals surface area contributed by atoms with Crippen molar-refractivity contribution in [1.29, 1.82) is 0 Å². The normalized spacial score (nSPS) is 24.3. The van der Waals surface area contributed by atoms with Gasteiger partial charge in [0.15, 0.2) is 5.69 Å². The number of halogens is 5. The van der Waals surface area contributed by atoms with Crippen molar-refractivity contribution in [3.05, 3.63) is 35.2 Å². The minimum Gasteiger partial charge on any atom is -0.355 e. The van der Waals surface area contributed by atoms with Gasteiger partial charge < -0.3 is 10.6 Å². The zero-order valence-electron chi connectivity index (χ0n) is 21.7. The lowest BCUT2D eigenvalue weighted by atomic mass is 9.81. The summed E-state index contributed by atoms with van der Waals surface area (Å²) in [6.07, 6.45) is -0.657. The zero-order chi connectivity index (χ0) is 28.9. The van der Waals surface area contributed by atoms with Crippen LogP contribution in [0.15, 0.2) is 17.0 Å².